The fourth-order valence-electron chi connectivity index (χ4n) is 2.88. The highest BCUT2D eigenvalue weighted by atomic mass is 32.2. The maximum absolute atomic E-state index is 13.0. The van der Waals surface area contributed by atoms with Crippen LogP contribution in [0, 0.1) is 0 Å². The number of imidazole rings is 1. The first-order valence-electron chi connectivity index (χ1n) is 8.41. The lowest BCUT2D eigenvalue weighted by atomic mass is 10.2. The summed E-state index contributed by atoms with van der Waals surface area (Å²) in [5, 5.41) is 3.91. The van der Waals surface area contributed by atoms with Gasteiger partial charge in [0, 0.05) is 25.9 Å². The summed E-state index contributed by atoms with van der Waals surface area (Å²) < 4.78 is 34.4. The first-order valence-corrected chi connectivity index (χ1v) is 10.1. The van der Waals surface area contributed by atoms with Gasteiger partial charge in [-0.3, -0.25) is 4.68 Å². The van der Waals surface area contributed by atoms with Gasteiger partial charge in [0.25, 0.3) is 0 Å². The third-order valence-corrected chi connectivity index (χ3v) is 5.76. The number of sulfone groups is 1. The van der Waals surface area contributed by atoms with Crippen molar-refractivity contribution in [2.24, 2.45) is 14.1 Å². The van der Waals surface area contributed by atoms with E-state index in [0.29, 0.717) is 33.7 Å². The normalized spacial score (nSPS) is 11.8. The highest BCUT2D eigenvalue weighted by molar-refractivity contribution is 7.90. The van der Waals surface area contributed by atoms with E-state index in [9.17, 15) is 8.42 Å². The van der Waals surface area contributed by atoms with Crippen LogP contribution in [0.1, 0.15) is 5.56 Å². The molecule has 0 amide bonds. The molecule has 0 bridgehead atoms. The summed E-state index contributed by atoms with van der Waals surface area (Å²) in [4.78, 5) is 12.9. The van der Waals surface area contributed by atoms with Crippen molar-refractivity contribution in [2.75, 3.05) is 7.11 Å². The topological polar surface area (TPSA) is 105 Å². The number of benzene rings is 1. The molecule has 1 aromatic carbocycles. The lowest BCUT2D eigenvalue weighted by molar-refractivity contribution is 0.414. The van der Waals surface area contributed by atoms with Gasteiger partial charge in [-0.1, -0.05) is 12.1 Å². The highest BCUT2D eigenvalue weighted by Crippen LogP contribution is 2.26. The number of aromatic nitrogens is 6. The zero-order valence-corrected chi connectivity index (χ0v) is 16.4. The van der Waals surface area contributed by atoms with Gasteiger partial charge in [-0.15, -0.1) is 0 Å². The smallest absolute Gasteiger partial charge is 0.250 e. The van der Waals surface area contributed by atoms with Gasteiger partial charge in [-0.05, 0) is 17.7 Å². The van der Waals surface area contributed by atoms with Crippen molar-refractivity contribution in [1.82, 2.24) is 29.3 Å². The Bertz CT molecular complexity index is 1260. The Morgan fingerprint density at radius 2 is 1.86 bits per heavy atom. The van der Waals surface area contributed by atoms with Crippen molar-refractivity contribution in [1.29, 1.82) is 0 Å². The van der Waals surface area contributed by atoms with Crippen LogP contribution in [0.2, 0.25) is 0 Å². The molecular weight excluding hydrogens is 380 g/mol. The molecule has 3 heterocycles. The molecule has 10 heteroatoms. The molecule has 4 rings (SSSR count). The first kappa shape index (κ1) is 18.1. The third-order valence-electron chi connectivity index (χ3n) is 4.31. The first-order chi connectivity index (χ1) is 13.4. The maximum Gasteiger partial charge on any atom is 0.250 e. The predicted molar refractivity (Wildman–Crippen MR) is 102 cm³/mol. The summed E-state index contributed by atoms with van der Waals surface area (Å²) in [5.74, 6) is 0.444. The van der Waals surface area contributed by atoms with Gasteiger partial charge in [-0.25, -0.2) is 18.4 Å². The Morgan fingerprint density at radius 3 is 2.50 bits per heavy atom. The average Bonchev–Trinajstić information content (AvgIpc) is 3.27. The van der Waals surface area contributed by atoms with Crippen molar-refractivity contribution >= 4 is 21.0 Å². The minimum atomic E-state index is -3.77. The molecule has 0 aliphatic carbocycles. The Labute approximate surface area is 161 Å². The van der Waals surface area contributed by atoms with Crippen LogP contribution in [-0.2, 0) is 29.7 Å². The molecule has 0 aliphatic heterocycles. The molecule has 0 atom stereocenters. The van der Waals surface area contributed by atoms with Gasteiger partial charge >= 0.3 is 0 Å². The van der Waals surface area contributed by atoms with Crippen molar-refractivity contribution in [2.45, 2.75) is 10.9 Å². The van der Waals surface area contributed by atoms with Gasteiger partial charge in [-0.2, -0.15) is 10.1 Å². The molecule has 0 radical (unpaired) electrons. The van der Waals surface area contributed by atoms with E-state index in [0.717, 1.165) is 0 Å². The van der Waals surface area contributed by atoms with Crippen LogP contribution in [0.5, 0.6) is 5.75 Å². The van der Waals surface area contributed by atoms with Crippen LogP contribution in [0.15, 0.2) is 48.1 Å². The quantitative estimate of drug-likeness (QED) is 0.472. The molecule has 9 nitrogen and oxygen atoms in total. The number of hydrogen-bond acceptors (Lipinski definition) is 7. The van der Waals surface area contributed by atoms with E-state index in [1.807, 2.05) is 0 Å². The predicted octanol–water partition coefficient (Wildman–Crippen LogP) is 1.75. The number of hydrogen-bond donors (Lipinski definition) is 0. The van der Waals surface area contributed by atoms with E-state index < -0.39 is 9.84 Å². The molecular formula is C18H18N6O3S. The second-order valence-corrected chi connectivity index (χ2v) is 8.28. The van der Waals surface area contributed by atoms with Crippen LogP contribution in [0.25, 0.3) is 22.4 Å². The third kappa shape index (κ3) is 3.22. The fraction of sp³-hybridized carbons (Fsp3) is 0.222. The van der Waals surface area contributed by atoms with Crippen molar-refractivity contribution in [3.63, 3.8) is 0 Å². The van der Waals surface area contributed by atoms with Crippen LogP contribution in [0.3, 0.4) is 0 Å². The molecule has 0 spiro atoms. The summed E-state index contributed by atoms with van der Waals surface area (Å²) in [6.07, 6.45) is 4.96. The SMILES string of the molecule is COc1ccc(CS(=O)(=O)c2nc(-c3cnn(C)c3)c3ncn(C)c3n2)cc1. The Morgan fingerprint density at radius 1 is 1.11 bits per heavy atom. The lowest BCUT2D eigenvalue weighted by Gasteiger charge is -2.07. The summed E-state index contributed by atoms with van der Waals surface area (Å²) in [6, 6.07) is 6.86. The van der Waals surface area contributed by atoms with Gasteiger partial charge < -0.3 is 9.30 Å². The molecule has 4 aromatic rings. The van der Waals surface area contributed by atoms with E-state index in [2.05, 4.69) is 20.1 Å². The van der Waals surface area contributed by atoms with Crippen molar-refractivity contribution in [3.8, 4) is 17.0 Å². The molecule has 28 heavy (non-hydrogen) atoms. The largest absolute Gasteiger partial charge is 0.497 e. The number of nitrogens with zero attached hydrogens (tertiary/aromatic N) is 6. The van der Waals surface area contributed by atoms with Crippen LogP contribution >= 0.6 is 0 Å². The van der Waals surface area contributed by atoms with Gasteiger partial charge in [0.1, 0.15) is 17.0 Å². The summed E-state index contributed by atoms with van der Waals surface area (Å²) >= 11 is 0. The van der Waals surface area contributed by atoms with E-state index in [-0.39, 0.29) is 10.9 Å². The van der Waals surface area contributed by atoms with E-state index in [1.54, 1.807) is 73.4 Å². The van der Waals surface area contributed by atoms with Crippen LogP contribution in [-0.4, -0.2) is 44.8 Å². The Balaban J connectivity index is 1.81. The second kappa shape index (κ2) is 6.71. The zero-order valence-electron chi connectivity index (χ0n) is 15.6. The highest BCUT2D eigenvalue weighted by Gasteiger charge is 2.24. The zero-order chi connectivity index (χ0) is 19.9. The fourth-order valence-corrected chi connectivity index (χ4v) is 4.09. The van der Waals surface area contributed by atoms with Gasteiger partial charge in [0.05, 0.1) is 25.4 Å². The van der Waals surface area contributed by atoms with E-state index in [1.165, 1.54) is 0 Å². The summed E-state index contributed by atoms with van der Waals surface area (Å²) in [7, 11) is 1.32. The van der Waals surface area contributed by atoms with E-state index >= 15 is 0 Å². The number of methoxy groups -OCH3 is 1. The van der Waals surface area contributed by atoms with Gasteiger partial charge in [0.15, 0.2) is 5.65 Å². The van der Waals surface area contributed by atoms with Crippen molar-refractivity contribution < 1.29 is 13.2 Å². The van der Waals surface area contributed by atoms with Gasteiger partial charge in [0.2, 0.25) is 15.0 Å². The number of rotatable bonds is 5. The Hall–Kier alpha value is -3.27. The number of aryl methyl sites for hydroxylation is 2. The molecule has 0 N–H and O–H groups in total. The minimum Gasteiger partial charge on any atom is -0.497 e. The number of fused-ring (bicyclic) bond motifs is 1. The molecule has 0 saturated heterocycles. The molecule has 0 aliphatic rings. The molecule has 0 saturated carbocycles. The lowest BCUT2D eigenvalue weighted by Crippen LogP contribution is -2.11. The van der Waals surface area contributed by atoms with Crippen LogP contribution < -0.4 is 4.74 Å². The molecule has 3 aromatic heterocycles. The standard InChI is InChI=1S/C18H18N6O3S/c1-23-11-19-16-15(13-8-20-24(2)9-13)21-18(22-17(16)23)28(25,26)10-12-4-6-14(27-3)7-5-12/h4-9,11H,10H2,1-3H3. The van der Waals surface area contributed by atoms with Crippen LogP contribution in [0.4, 0.5) is 0 Å². The molecule has 0 fully saturated rings. The average molecular weight is 398 g/mol. The Kier molecular flexibility index (Phi) is 4.34. The molecule has 144 valence electrons. The summed E-state index contributed by atoms with van der Waals surface area (Å²) in [6.45, 7) is 0. The van der Waals surface area contributed by atoms with E-state index in [4.69, 9.17) is 4.74 Å². The molecule has 0 unspecified atom stereocenters. The maximum atomic E-state index is 13.0. The monoisotopic (exact) mass is 398 g/mol. The van der Waals surface area contributed by atoms with Crippen molar-refractivity contribution in [3.05, 3.63) is 48.5 Å². The number of ether oxygens (including phenoxy) is 1. The summed E-state index contributed by atoms with van der Waals surface area (Å²) in [5.41, 5.74) is 2.71. The second-order valence-electron chi connectivity index (χ2n) is 6.39. The minimum absolute atomic E-state index is 0.215.